The van der Waals surface area contributed by atoms with Crippen molar-refractivity contribution in [1.82, 2.24) is 9.97 Å². The zero-order valence-electron chi connectivity index (χ0n) is 36.2. The van der Waals surface area contributed by atoms with Gasteiger partial charge in [0, 0.05) is 22.1 Å². The SMILES string of the molecule is CC1(C)c2ccccc2-c2ccc(-c3cc(-c4ccccc4)nc(-c4ccc5c(c4)C4(c6ccccc6-5)c5ccccc5C5(c6ccccc6-c6ccccc65)c5ccccc54)n3)cc21. The molecular weight excluding hydrogens is 785 g/mol. The molecule has 14 rings (SSSR count). The van der Waals surface area contributed by atoms with Crippen molar-refractivity contribution in [3.8, 4) is 67.3 Å². The van der Waals surface area contributed by atoms with E-state index in [2.05, 4.69) is 232 Å². The number of benzene rings is 9. The predicted octanol–water partition coefficient (Wildman–Crippen LogP) is 14.8. The molecule has 65 heavy (non-hydrogen) atoms. The summed E-state index contributed by atoms with van der Waals surface area (Å²) in [7, 11) is 0. The second-order valence-electron chi connectivity index (χ2n) is 18.7. The van der Waals surface area contributed by atoms with Crippen LogP contribution in [0.15, 0.2) is 218 Å². The summed E-state index contributed by atoms with van der Waals surface area (Å²) in [5, 5.41) is 0. The Bertz CT molecular complexity index is 3550. The van der Waals surface area contributed by atoms with Gasteiger partial charge >= 0.3 is 0 Å². The second-order valence-corrected chi connectivity index (χ2v) is 18.7. The zero-order chi connectivity index (χ0) is 43.1. The van der Waals surface area contributed by atoms with E-state index in [-0.39, 0.29) is 5.41 Å². The van der Waals surface area contributed by atoms with Gasteiger partial charge in [0.2, 0.25) is 0 Å². The minimum absolute atomic E-state index is 0.128. The van der Waals surface area contributed by atoms with Crippen LogP contribution in [0.5, 0.6) is 0 Å². The van der Waals surface area contributed by atoms with Gasteiger partial charge < -0.3 is 0 Å². The molecule has 2 nitrogen and oxygen atoms in total. The topological polar surface area (TPSA) is 25.8 Å². The molecule has 0 fully saturated rings. The van der Waals surface area contributed by atoms with Crippen molar-refractivity contribution in [2.24, 2.45) is 0 Å². The third-order valence-electron chi connectivity index (χ3n) is 15.4. The van der Waals surface area contributed by atoms with Crippen LogP contribution < -0.4 is 0 Å². The highest BCUT2D eigenvalue weighted by atomic mass is 14.9. The van der Waals surface area contributed by atoms with E-state index < -0.39 is 10.8 Å². The highest BCUT2D eigenvalue weighted by Gasteiger charge is 2.58. The highest BCUT2D eigenvalue weighted by molar-refractivity contribution is 5.94. The average molecular weight is 827 g/mol. The molecule has 4 aliphatic rings. The number of rotatable bonds is 3. The molecule has 4 aliphatic carbocycles. The first-order valence-corrected chi connectivity index (χ1v) is 22.8. The first-order valence-electron chi connectivity index (χ1n) is 22.8. The highest BCUT2D eigenvalue weighted by Crippen LogP contribution is 2.67. The number of fused-ring (bicyclic) bond motifs is 19. The molecule has 1 heterocycles. The maximum Gasteiger partial charge on any atom is 0.160 e. The Balaban J connectivity index is 1.02. The van der Waals surface area contributed by atoms with Crippen molar-refractivity contribution in [2.75, 3.05) is 0 Å². The van der Waals surface area contributed by atoms with Crippen LogP contribution in [0, 0.1) is 0 Å². The maximum absolute atomic E-state index is 5.52. The normalized spacial score (nSPS) is 15.3. The second kappa shape index (κ2) is 13.1. The lowest BCUT2D eigenvalue weighted by Gasteiger charge is -2.48. The predicted molar refractivity (Wildman–Crippen MR) is 264 cm³/mol. The van der Waals surface area contributed by atoms with E-state index in [0.717, 1.165) is 28.1 Å². The van der Waals surface area contributed by atoms with E-state index in [9.17, 15) is 0 Å². The summed E-state index contributed by atoms with van der Waals surface area (Å²) in [4.78, 5) is 10.9. The van der Waals surface area contributed by atoms with Crippen molar-refractivity contribution >= 4 is 0 Å². The molecule has 2 heteroatoms. The third kappa shape index (κ3) is 4.63. The Hall–Kier alpha value is -7.94. The molecule has 0 unspecified atom stereocenters. The van der Waals surface area contributed by atoms with Gasteiger partial charge in [-0.25, -0.2) is 9.97 Å². The van der Waals surface area contributed by atoms with Gasteiger partial charge in [0.25, 0.3) is 0 Å². The van der Waals surface area contributed by atoms with Gasteiger partial charge in [-0.1, -0.05) is 214 Å². The minimum Gasteiger partial charge on any atom is -0.228 e. The Morgan fingerprint density at radius 3 is 1.14 bits per heavy atom. The van der Waals surface area contributed by atoms with Crippen LogP contribution in [0.1, 0.15) is 69.5 Å². The maximum atomic E-state index is 5.52. The Kier molecular flexibility index (Phi) is 7.34. The van der Waals surface area contributed by atoms with Crippen LogP contribution in [0.25, 0.3) is 67.3 Å². The molecule has 0 N–H and O–H groups in total. The lowest BCUT2D eigenvalue weighted by molar-refractivity contribution is 0.633. The quantitative estimate of drug-likeness (QED) is 0.177. The first kappa shape index (κ1) is 36.5. The minimum atomic E-state index is -0.604. The van der Waals surface area contributed by atoms with Gasteiger partial charge in [-0.3, -0.25) is 0 Å². The van der Waals surface area contributed by atoms with Gasteiger partial charge in [-0.15, -0.1) is 0 Å². The molecule has 0 radical (unpaired) electrons. The summed E-state index contributed by atoms with van der Waals surface area (Å²) < 4.78 is 0. The summed E-state index contributed by atoms with van der Waals surface area (Å²) in [6, 6.07) is 81.4. The summed E-state index contributed by atoms with van der Waals surface area (Å²) in [5.41, 5.74) is 24.7. The Labute approximate surface area is 379 Å². The summed E-state index contributed by atoms with van der Waals surface area (Å²) in [6.07, 6.45) is 0. The Morgan fingerprint density at radius 2 is 0.615 bits per heavy atom. The van der Waals surface area contributed by atoms with Crippen molar-refractivity contribution in [3.63, 3.8) is 0 Å². The van der Waals surface area contributed by atoms with Crippen molar-refractivity contribution in [1.29, 1.82) is 0 Å². The molecule has 1 aromatic heterocycles. The fraction of sp³-hybridized carbons (Fsp3) is 0.0794. The van der Waals surface area contributed by atoms with E-state index in [1.165, 1.54) is 89.0 Å². The van der Waals surface area contributed by atoms with Crippen LogP contribution >= 0.6 is 0 Å². The van der Waals surface area contributed by atoms with Gasteiger partial charge in [0.05, 0.1) is 22.2 Å². The average Bonchev–Trinajstić information content (AvgIpc) is 3.92. The number of nitrogens with zero attached hydrogens (tertiary/aromatic N) is 2. The zero-order valence-corrected chi connectivity index (χ0v) is 36.2. The molecule has 0 bridgehead atoms. The van der Waals surface area contributed by atoms with Crippen molar-refractivity contribution in [3.05, 3.63) is 274 Å². The van der Waals surface area contributed by atoms with Crippen molar-refractivity contribution in [2.45, 2.75) is 30.1 Å². The van der Waals surface area contributed by atoms with E-state index in [4.69, 9.17) is 9.97 Å². The number of aromatic nitrogens is 2. The molecule has 0 saturated carbocycles. The summed E-state index contributed by atoms with van der Waals surface area (Å²) >= 11 is 0. The van der Waals surface area contributed by atoms with Gasteiger partial charge in [0.1, 0.15) is 0 Å². The summed E-state index contributed by atoms with van der Waals surface area (Å²) in [6.45, 7) is 4.68. The molecule has 2 spiro atoms. The van der Waals surface area contributed by atoms with Gasteiger partial charge in [-0.05, 0) is 107 Å². The van der Waals surface area contributed by atoms with Gasteiger partial charge in [0.15, 0.2) is 5.82 Å². The lowest BCUT2D eigenvalue weighted by Crippen LogP contribution is -2.43. The molecule has 9 aromatic carbocycles. The molecule has 10 aromatic rings. The standard InChI is InChI=1S/C63H42N2/c1-61(2)48-24-10-6-20-42(48)46-34-32-40(36-56(46)61)59-38-58(39-18-4-3-5-19-39)64-60(65-59)41-33-35-47-45-23-9-13-27-51(45)63(57(47)37-41)54-30-16-14-28-52(54)62(53-29-15-17-31-55(53)63)49-25-11-7-21-43(49)44-22-8-12-26-50(44)62/h3-38H,1-2H3. The van der Waals surface area contributed by atoms with E-state index in [0.29, 0.717) is 5.82 Å². The van der Waals surface area contributed by atoms with Crippen LogP contribution in [0.4, 0.5) is 0 Å². The molecule has 0 saturated heterocycles. The smallest absolute Gasteiger partial charge is 0.160 e. The fourth-order valence-electron chi connectivity index (χ4n) is 12.7. The van der Waals surface area contributed by atoms with Crippen LogP contribution in [-0.4, -0.2) is 9.97 Å². The van der Waals surface area contributed by atoms with Crippen molar-refractivity contribution < 1.29 is 0 Å². The van der Waals surface area contributed by atoms with E-state index >= 15 is 0 Å². The third-order valence-corrected chi connectivity index (χ3v) is 15.4. The monoisotopic (exact) mass is 826 g/mol. The van der Waals surface area contributed by atoms with Crippen LogP contribution in [0.2, 0.25) is 0 Å². The molecular formula is C63H42N2. The Morgan fingerprint density at radius 1 is 0.262 bits per heavy atom. The van der Waals surface area contributed by atoms with Crippen LogP contribution in [-0.2, 0) is 16.2 Å². The largest absolute Gasteiger partial charge is 0.228 e. The molecule has 0 atom stereocenters. The van der Waals surface area contributed by atoms with E-state index in [1.807, 2.05) is 0 Å². The molecule has 0 aliphatic heterocycles. The number of hydrogen-bond donors (Lipinski definition) is 0. The van der Waals surface area contributed by atoms with Gasteiger partial charge in [-0.2, -0.15) is 0 Å². The number of hydrogen-bond acceptors (Lipinski definition) is 2. The van der Waals surface area contributed by atoms with E-state index in [1.54, 1.807) is 0 Å². The molecule has 0 amide bonds. The molecule has 304 valence electrons. The lowest BCUT2D eigenvalue weighted by atomic mass is 9.52. The van der Waals surface area contributed by atoms with Crippen LogP contribution in [0.3, 0.4) is 0 Å². The fourth-order valence-corrected chi connectivity index (χ4v) is 12.7. The summed E-state index contributed by atoms with van der Waals surface area (Å²) in [5.74, 6) is 0.714. The first-order chi connectivity index (χ1) is 32.0.